The van der Waals surface area contributed by atoms with Crippen LogP contribution >= 0.6 is 0 Å². The summed E-state index contributed by atoms with van der Waals surface area (Å²) in [5.74, 6) is -1.64. The molecule has 1 aromatic rings. The minimum atomic E-state index is -4.78. The van der Waals surface area contributed by atoms with Gasteiger partial charge in [-0.2, -0.15) is 13.2 Å². The third-order valence-electron chi connectivity index (χ3n) is 3.79. The molecule has 1 aromatic carbocycles. The fourth-order valence-electron chi connectivity index (χ4n) is 2.53. The highest BCUT2D eigenvalue weighted by Crippen LogP contribution is 2.36. The van der Waals surface area contributed by atoms with Crippen molar-refractivity contribution in [3.8, 4) is 0 Å². The van der Waals surface area contributed by atoms with Gasteiger partial charge in [0.2, 0.25) is 0 Å². The molecule has 1 N–H and O–H groups in total. The molecule has 0 saturated carbocycles. The van der Waals surface area contributed by atoms with Gasteiger partial charge in [0.05, 0.1) is 11.1 Å². The molecule has 0 atom stereocenters. The number of aldehydes is 1. The SMILES string of the molecule is COCCCCN(C)c1cc(C(=O)O)c(C(F)(F)F)cc1CCC=O. The zero-order chi connectivity index (χ0) is 19.0. The van der Waals surface area contributed by atoms with E-state index in [2.05, 4.69) is 0 Å². The molecule has 25 heavy (non-hydrogen) atoms. The number of hydrogen-bond donors (Lipinski definition) is 1. The first-order chi connectivity index (χ1) is 11.7. The van der Waals surface area contributed by atoms with Crippen molar-refractivity contribution < 1.29 is 32.6 Å². The Morgan fingerprint density at radius 3 is 2.52 bits per heavy atom. The van der Waals surface area contributed by atoms with E-state index in [1.807, 2.05) is 0 Å². The molecule has 0 unspecified atom stereocenters. The van der Waals surface area contributed by atoms with Gasteiger partial charge in [0.25, 0.3) is 0 Å². The molecule has 0 aliphatic carbocycles. The number of alkyl halides is 3. The topological polar surface area (TPSA) is 66.8 Å². The van der Waals surface area contributed by atoms with Gasteiger partial charge in [-0.3, -0.25) is 0 Å². The second-order valence-electron chi connectivity index (χ2n) is 5.66. The van der Waals surface area contributed by atoms with Crippen LogP contribution in [0.3, 0.4) is 0 Å². The summed E-state index contributed by atoms with van der Waals surface area (Å²) in [6.07, 6.45) is -2.46. The third kappa shape index (κ3) is 6.04. The molecule has 0 aromatic heterocycles. The van der Waals surface area contributed by atoms with Crippen LogP contribution in [0.4, 0.5) is 18.9 Å². The Labute approximate surface area is 144 Å². The Hall–Kier alpha value is -2.09. The van der Waals surface area contributed by atoms with Crippen molar-refractivity contribution in [3.05, 3.63) is 28.8 Å². The van der Waals surface area contributed by atoms with Gasteiger partial charge in [0.15, 0.2) is 0 Å². The quantitative estimate of drug-likeness (QED) is 0.511. The molecule has 0 bridgehead atoms. The van der Waals surface area contributed by atoms with Crippen LogP contribution in [0.2, 0.25) is 0 Å². The van der Waals surface area contributed by atoms with E-state index in [1.54, 1.807) is 19.1 Å². The number of carboxylic acid groups (broad SMARTS) is 1. The summed E-state index contributed by atoms with van der Waals surface area (Å²) in [7, 11) is 3.27. The number of aromatic carboxylic acids is 1. The average Bonchev–Trinajstić information content (AvgIpc) is 2.54. The third-order valence-corrected chi connectivity index (χ3v) is 3.79. The van der Waals surface area contributed by atoms with Crippen LogP contribution in [0.15, 0.2) is 12.1 Å². The Bertz CT molecular complexity index is 602. The van der Waals surface area contributed by atoms with Gasteiger partial charge in [0, 0.05) is 39.4 Å². The van der Waals surface area contributed by atoms with Gasteiger partial charge in [0.1, 0.15) is 6.29 Å². The smallest absolute Gasteiger partial charge is 0.417 e. The highest BCUT2D eigenvalue weighted by molar-refractivity contribution is 5.91. The molecule has 8 heteroatoms. The summed E-state index contributed by atoms with van der Waals surface area (Å²) in [6, 6.07) is 1.88. The van der Waals surface area contributed by atoms with E-state index in [9.17, 15) is 22.8 Å². The monoisotopic (exact) mass is 361 g/mol. The van der Waals surface area contributed by atoms with Gasteiger partial charge >= 0.3 is 12.1 Å². The Kier molecular flexibility index (Phi) is 7.89. The van der Waals surface area contributed by atoms with Gasteiger partial charge in [-0.15, -0.1) is 0 Å². The molecule has 0 amide bonds. The van der Waals surface area contributed by atoms with E-state index in [-0.39, 0.29) is 12.8 Å². The number of carbonyl (C=O) groups is 2. The number of ether oxygens (including phenoxy) is 1. The maximum Gasteiger partial charge on any atom is 0.417 e. The lowest BCUT2D eigenvalue weighted by molar-refractivity contribution is -0.138. The molecule has 0 heterocycles. The van der Waals surface area contributed by atoms with E-state index in [0.717, 1.165) is 25.0 Å². The summed E-state index contributed by atoms with van der Waals surface area (Å²) >= 11 is 0. The first kappa shape index (κ1) is 21.0. The highest BCUT2D eigenvalue weighted by Gasteiger charge is 2.36. The van der Waals surface area contributed by atoms with E-state index in [0.29, 0.717) is 30.7 Å². The summed E-state index contributed by atoms with van der Waals surface area (Å²) in [4.78, 5) is 23.6. The standard InChI is InChI=1S/C17H22F3NO4/c1-21(7-3-4-9-25-2)15-11-13(16(23)24)14(17(18,19)20)10-12(15)6-5-8-22/h8,10-11H,3-7,9H2,1-2H3,(H,23,24). The second-order valence-corrected chi connectivity index (χ2v) is 5.66. The number of carboxylic acids is 1. The Morgan fingerprint density at radius 1 is 1.32 bits per heavy atom. The van der Waals surface area contributed by atoms with Crippen molar-refractivity contribution in [1.29, 1.82) is 0 Å². The van der Waals surface area contributed by atoms with Gasteiger partial charge in [-0.05, 0) is 37.0 Å². The highest BCUT2D eigenvalue weighted by atomic mass is 19.4. The number of nitrogens with zero attached hydrogens (tertiary/aromatic N) is 1. The van der Waals surface area contributed by atoms with Crippen molar-refractivity contribution in [2.45, 2.75) is 31.9 Å². The summed E-state index contributed by atoms with van der Waals surface area (Å²) < 4.78 is 44.5. The molecular formula is C17H22F3NO4. The molecule has 140 valence electrons. The number of carbonyl (C=O) groups excluding carboxylic acids is 1. The average molecular weight is 361 g/mol. The van der Waals surface area contributed by atoms with E-state index in [4.69, 9.17) is 9.84 Å². The van der Waals surface area contributed by atoms with Crippen molar-refractivity contribution in [3.63, 3.8) is 0 Å². The van der Waals surface area contributed by atoms with Crippen LogP contribution in [0.5, 0.6) is 0 Å². The number of hydrogen-bond acceptors (Lipinski definition) is 4. The first-order valence-electron chi connectivity index (χ1n) is 7.83. The molecule has 1 rings (SSSR count). The number of aryl methyl sites for hydroxylation is 1. The lowest BCUT2D eigenvalue weighted by atomic mass is 9.98. The Balaban J connectivity index is 3.25. The first-order valence-corrected chi connectivity index (χ1v) is 7.83. The van der Waals surface area contributed by atoms with Crippen molar-refractivity contribution in [1.82, 2.24) is 0 Å². The molecule has 0 aliphatic rings. The van der Waals surface area contributed by atoms with Gasteiger partial charge in [-0.1, -0.05) is 0 Å². The van der Waals surface area contributed by atoms with Crippen LogP contribution in [0, 0.1) is 0 Å². The van der Waals surface area contributed by atoms with Crippen molar-refractivity contribution in [2.24, 2.45) is 0 Å². The zero-order valence-electron chi connectivity index (χ0n) is 14.2. The van der Waals surface area contributed by atoms with E-state index in [1.165, 1.54) is 0 Å². The maximum absolute atomic E-state index is 13.2. The number of unbranched alkanes of at least 4 members (excludes halogenated alkanes) is 1. The molecule has 0 aliphatic heterocycles. The maximum atomic E-state index is 13.2. The largest absolute Gasteiger partial charge is 0.478 e. The lowest BCUT2D eigenvalue weighted by Gasteiger charge is -2.24. The van der Waals surface area contributed by atoms with Gasteiger partial charge < -0.3 is 19.5 Å². The normalized spacial score (nSPS) is 11.4. The molecule has 0 fully saturated rings. The second kappa shape index (κ2) is 9.41. The Morgan fingerprint density at radius 2 is 2.00 bits per heavy atom. The van der Waals surface area contributed by atoms with Gasteiger partial charge in [-0.25, -0.2) is 4.79 Å². The summed E-state index contributed by atoms with van der Waals surface area (Å²) in [5.41, 5.74) is -1.29. The van der Waals surface area contributed by atoms with Crippen LogP contribution < -0.4 is 4.90 Å². The predicted octanol–water partition coefficient (Wildman–Crippen LogP) is 3.40. The number of halogens is 3. The molecule has 0 radical (unpaired) electrons. The lowest BCUT2D eigenvalue weighted by Crippen LogP contribution is -2.23. The van der Waals surface area contributed by atoms with E-state index >= 15 is 0 Å². The van der Waals surface area contributed by atoms with Crippen molar-refractivity contribution in [2.75, 3.05) is 32.2 Å². The minimum Gasteiger partial charge on any atom is -0.478 e. The van der Waals surface area contributed by atoms with Crippen LogP contribution in [0.1, 0.15) is 40.7 Å². The molecule has 0 saturated heterocycles. The number of rotatable bonds is 10. The summed E-state index contributed by atoms with van der Waals surface area (Å²) in [5, 5.41) is 9.16. The fraction of sp³-hybridized carbons (Fsp3) is 0.529. The van der Waals surface area contributed by atoms with Crippen LogP contribution in [-0.4, -0.2) is 44.7 Å². The molecule has 5 nitrogen and oxygen atoms in total. The van der Waals surface area contributed by atoms with Crippen LogP contribution in [-0.2, 0) is 22.1 Å². The zero-order valence-corrected chi connectivity index (χ0v) is 14.2. The fourth-order valence-corrected chi connectivity index (χ4v) is 2.53. The number of benzene rings is 1. The summed E-state index contributed by atoms with van der Waals surface area (Å²) in [6.45, 7) is 1.10. The van der Waals surface area contributed by atoms with E-state index < -0.39 is 23.3 Å². The molecule has 0 spiro atoms. The minimum absolute atomic E-state index is 0.0637. The number of anilines is 1. The molecular weight excluding hydrogens is 339 g/mol. The number of methoxy groups -OCH3 is 1. The van der Waals surface area contributed by atoms with Crippen molar-refractivity contribution >= 4 is 17.9 Å². The van der Waals surface area contributed by atoms with Crippen LogP contribution in [0.25, 0.3) is 0 Å². The predicted molar refractivity (Wildman–Crippen MR) is 87.2 cm³/mol.